The molecule has 0 radical (unpaired) electrons. The van der Waals surface area contributed by atoms with Crippen LogP contribution < -0.4 is 0 Å². The Morgan fingerprint density at radius 3 is 2.39 bits per heavy atom. The van der Waals surface area contributed by atoms with E-state index in [9.17, 15) is 10.2 Å². The summed E-state index contributed by atoms with van der Waals surface area (Å²) in [5.41, 5.74) is 3.46. The molecular formula is C20H23NO2. The van der Waals surface area contributed by atoms with Gasteiger partial charge in [0.05, 0.1) is 0 Å². The molecule has 0 saturated carbocycles. The van der Waals surface area contributed by atoms with Gasteiger partial charge in [-0.25, -0.2) is 0 Å². The predicted molar refractivity (Wildman–Crippen MR) is 90.8 cm³/mol. The summed E-state index contributed by atoms with van der Waals surface area (Å²) >= 11 is 0. The molecule has 3 nitrogen and oxygen atoms in total. The molecule has 0 unspecified atom stereocenters. The van der Waals surface area contributed by atoms with Crippen LogP contribution in [0, 0.1) is 0 Å². The van der Waals surface area contributed by atoms with E-state index in [2.05, 4.69) is 29.2 Å². The highest BCUT2D eigenvalue weighted by Gasteiger charge is 2.34. The first-order valence-electron chi connectivity index (χ1n) is 8.56. The summed E-state index contributed by atoms with van der Waals surface area (Å²) in [6, 6.07) is 14.6. The number of likely N-dealkylation sites (tertiary alicyclic amines) is 1. The fourth-order valence-electron chi connectivity index (χ4n) is 4.27. The maximum atomic E-state index is 10.4. The monoisotopic (exact) mass is 309 g/mol. The van der Waals surface area contributed by atoms with Gasteiger partial charge in [-0.3, -0.25) is 4.90 Å². The largest absolute Gasteiger partial charge is 0.504 e. The minimum absolute atomic E-state index is 0.00219. The fourth-order valence-corrected chi connectivity index (χ4v) is 4.27. The molecule has 1 fully saturated rings. The lowest BCUT2D eigenvalue weighted by atomic mass is 9.76. The number of hydrogen-bond acceptors (Lipinski definition) is 3. The summed E-state index contributed by atoms with van der Waals surface area (Å²) in [5, 5.41) is 20.3. The van der Waals surface area contributed by atoms with Crippen LogP contribution in [0.5, 0.6) is 11.5 Å². The molecule has 0 aromatic heterocycles. The van der Waals surface area contributed by atoms with E-state index >= 15 is 0 Å². The molecule has 3 heteroatoms. The van der Waals surface area contributed by atoms with E-state index in [1.807, 2.05) is 12.1 Å². The van der Waals surface area contributed by atoms with Gasteiger partial charge in [-0.05, 0) is 61.9 Å². The normalized spacial score (nSPS) is 24.5. The van der Waals surface area contributed by atoms with Gasteiger partial charge in [0.25, 0.3) is 0 Å². The summed E-state index contributed by atoms with van der Waals surface area (Å²) in [7, 11) is 0. The molecule has 4 rings (SSSR count). The standard InChI is InChI=1S/C20H23NO2/c22-19-9-8-16-17(20(19)23)12-15(14-6-2-1-3-7-14)13-18(16)21-10-4-5-11-21/h1-3,6-9,15,18,22-23H,4-5,10-13H2/t15-,18+/m0/s1. The number of hydrogen-bond donors (Lipinski definition) is 2. The van der Waals surface area contributed by atoms with Crippen molar-refractivity contribution in [2.24, 2.45) is 0 Å². The zero-order valence-electron chi connectivity index (χ0n) is 13.3. The average molecular weight is 309 g/mol. The van der Waals surface area contributed by atoms with Crippen molar-refractivity contribution < 1.29 is 10.2 Å². The molecular weight excluding hydrogens is 286 g/mol. The van der Waals surface area contributed by atoms with E-state index in [4.69, 9.17) is 0 Å². The second-order valence-corrected chi connectivity index (χ2v) is 6.81. The van der Waals surface area contributed by atoms with E-state index < -0.39 is 0 Å². The summed E-state index contributed by atoms with van der Waals surface area (Å²) in [5.74, 6) is 0.465. The molecule has 0 bridgehead atoms. The Balaban J connectivity index is 1.76. The van der Waals surface area contributed by atoms with Gasteiger partial charge in [0.1, 0.15) is 0 Å². The number of aromatic hydroxyl groups is 2. The van der Waals surface area contributed by atoms with Gasteiger partial charge in [0, 0.05) is 11.6 Å². The highest BCUT2D eigenvalue weighted by atomic mass is 16.3. The molecule has 1 saturated heterocycles. The van der Waals surface area contributed by atoms with E-state index in [0.717, 1.165) is 31.5 Å². The van der Waals surface area contributed by atoms with Gasteiger partial charge in [-0.1, -0.05) is 36.4 Å². The number of nitrogens with zero attached hydrogens (tertiary/aromatic N) is 1. The summed E-state index contributed by atoms with van der Waals surface area (Å²) in [4.78, 5) is 2.55. The number of benzene rings is 2. The first kappa shape index (κ1) is 14.6. The van der Waals surface area contributed by atoms with Crippen molar-refractivity contribution in [1.29, 1.82) is 0 Å². The molecule has 0 amide bonds. The highest BCUT2D eigenvalue weighted by Crippen LogP contribution is 2.47. The van der Waals surface area contributed by atoms with Crippen LogP contribution in [0.25, 0.3) is 0 Å². The maximum absolute atomic E-state index is 10.4. The molecule has 2 aromatic rings. The van der Waals surface area contributed by atoms with Crippen LogP contribution in [0.3, 0.4) is 0 Å². The highest BCUT2D eigenvalue weighted by molar-refractivity contribution is 5.52. The molecule has 23 heavy (non-hydrogen) atoms. The maximum Gasteiger partial charge on any atom is 0.161 e. The molecule has 2 N–H and O–H groups in total. The minimum atomic E-state index is -0.00219. The van der Waals surface area contributed by atoms with Crippen LogP contribution in [0.4, 0.5) is 0 Å². The summed E-state index contributed by atoms with van der Waals surface area (Å²) in [6.07, 6.45) is 4.39. The second-order valence-electron chi connectivity index (χ2n) is 6.81. The molecule has 2 aliphatic rings. The van der Waals surface area contributed by atoms with Crippen LogP contribution >= 0.6 is 0 Å². The van der Waals surface area contributed by atoms with Crippen molar-refractivity contribution in [2.75, 3.05) is 13.1 Å². The molecule has 1 aliphatic heterocycles. The van der Waals surface area contributed by atoms with Gasteiger partial charge in [0.2, 0.25) is 0 Å². The molecule has 120 valence electrons. The zero-order valence-corrected chi connectivity index (χ0v) is 13.3. The van der Waals surface area contributed by atoms with Crippen LogP contribution in [-0.4, -0.2) is 28.2 Å². The third kappa shape index (κ3) is 2.59. The van der Waals surface area contributed by atoms with E-state index in [0.29, 0.717) is 12.0 Å². The minimum Gasteiger partial charge on any atom is -0.504 e. The lowest BCUT2D eigenvalue weighted by Crippen LogP contribution is -2.31. The zero-order chi connectivity index (χ0) is 15.8. The van der Waals surface area contributed by atoms with Gasteiger partial charge in [-0.15, -0.1) is 0 Å². The van der Waals surface area contributed by atoms with E-state index in [-0.39, 0.29) is 11.5 Å². The van der Waals surface area contributed by atoms with Crippen LogP contribution in [0.1, 0.15) is 47.9 Å². The Kier molecular flexibility index (Phi) is 3.74. The summed E-state index contributed by atoms with van der Waals surface area (Å²) in [6.45, 7) is 2.26. The van der Waals surface area contributed by atoms with E-state index in [1.54, 1.807) is 6.07 Å². The molecule has 1 heterocycles. The summed E-state index contributed by atoms with van der Waals surface area (Å²) < 4.78 is 0. The van der Waals surface area contributed by atoms with Crippen molar-refractivity contribution in [2.45, 2.75) is 37.6 Å². The van der Waals surface area contributed by atoms with Gasteiger partial charge < -0.3 is 10.2 Å². The lowest BCUT2D eigenvalue weighted by molar-refractivity contribution is 0.209. The molecule has 2 atom stereocenters. The SMILES string of the molecule is Oc1ccc2c(c1O)C[C@H](c1ccccc1)C[C@H]2N1CCCC1. The number of rotatable bonds is 2. The van der Waals surface area contributed by atoms with Crippen molar-refractivity contribution >= 4 is 0 Å². The first-order chi connectivity index (χ1) is 11.2. The predicted octanol–water partition coefficient (Wildman–Crippen LogP) is 3.96. The first-order valence-corrected chi connectivity index (χ1v) is 8.56. The average Bonchev–Trinajstić information content (AvgIpc) is 3.13. The second kappa shape index (κ2) is 5.89. The third-order valence-corrected chi connectivity index (χ3v) is 5.47. The Labute approximate surface area is 137 Å². The van der Waals surface area contributed by atoms with Crippen molar-refractivity contribution in [3.8, 4) is 11.5 Å². The van der Waals surface area contributed by atoms with E-state index in [1.165, 1.54) is 24.0 Å². The Morgan fingerprint density at radius 2 is 1.65 bits per heavy atom. The van der Waals surface area contributed by atoms with Crippen molar-refractivity contribution in [3.05, 3.63) is 59.2 Å². The van der Waals surface area contributed by atoms with Crippen LogP contribution in [0.2, 0.25) is 0 Å². The van der Waals surface area contributed by atoms with Gasteiger partial charge in [-0.2, -0.15) is 0 Å². The quantitative estimate of drug-likeness (QED) is 0.825. The molecule has 0 spiro atoms. The fraction of sp³-hybridized carbons (Fsp3) is 0.400. The van der Waals surface area contributed by atoms with Gasteiger partial charge in [0.15, 0.2) is 11.5 Å². The van der Waals surface area contributed by atoms with Crippen LogP contribution in [-0.2, 0) is 6.42 Å². The van der Waals surface area contributed by atoms with Crippen LogP contribution in [0.15, 0.2) is 42.5 Å². The molecule has 2 aromatic carbocycles. The van der Waals surface area contributed by atoms with Gasteiger partial charge >= 0.3 is 0 Å². The topological polar surface area (TPSA) is 43.7 Å². The number of fused-ring (bicyclic) bond motifs is 1. The third-order valence-electron chi connectivity index (χ3n) is 5.47. The smallest absolute Gasteiger partial charge is 0.161 e. The number of phenolic OH excluding ortho intramolecular Hbond substituents is 2. The Hall–Kier alpha value is -2.00. The Morgan fingerprint density at radius 1 is 0.913 bits per heavy atom. The molecule has 1 aliphatic carbocycles. The lowest BCUT2D eigenvalue weighted by Gasteiger charge is -2.37. The Bertz CT molecular complexity index is 692. The van der Waals surface area contributed by atoms with Crippen molar-refractivity contribution in [1.82, 2.24) is 4.90 Å². The van der Waals surface area contributed by atoms with Crippen molar-refractivity contribution in [3.63, 3.8) is 0 Å². The number of phenols is 2.